The van der Waals surface area contributed by atoms with Crippen molar-refractivity contribution in [1.29, 1.82) is 0 Å². The minimum absolute atomic E-state index is 0.155. The van der Waals surface area contributed by atoms with Crippen LogP contribution in [0.3, 0.4) is 0 Å². The lowest BCUT2D eigenvalue weighted by Gasteiger charge is -1.94. The number of ketones is 2. The quantitative estimate of drug-likeness (QED) is 0.609. The summed E-state index contributed by atoms with van der Waals surface area (Å²) in [7, 11) is 0. The fourth-order valence-corrected chi connectivity index (χ4v) is 0.708. The Morgan fingerprint density at radius 3 is 1.50 bits per heavy atom. The predicted molar refractivity (Wildman–Crippen MR) is 42.0 cm³/mol. The molecule has 0 saturated heterocycles. The fraction of sp³-hybridized carbons (Fsp3) is 0.250. The van der Waals surface area contributed by atoms with Crippen LogP contribution >= 0.6 is 0 Å². The number of Topliss-reactive ketones (excluding diaryl/α,β-unsaturated/α-hetero) is 2. The van der Waals surface area contributed by atoms with Gasteiger partial charge >= 0.3 is 0 Å². The highest BCUT2D eigenvalue weighted by atomic mass is 16.1. The van der Waals surface area contributed by atoms with E-state index in [0.717, 1.165) is 0 Å². The van der Waals surface area contributed by atoms with Gasteiger partial charge in [-0.3, -0.25) is 9.59 Å². The van der Waals surface area contributed by atoms with Crippen molar-refractivity contribution < 1.29 is 9.59 Å². The van der Waals surface area contributed by atoms with Crippen molar-refractivity contribution in [2.24, 2.45) is 0 Å². The molecular weight excluding hydrogens is 156 g/mol. The van der Waals surface area contributed by atoms with Crippen LogP contribution in [0, 0.1) is 0 Å². The first-order chi connectivity index (χ1) is 5.61. The number of nitrogens with zero attached hydrogens (tertiary/aromatic N) is 2. The summed E-state index contributed by atoms with van der Waals surface area (Å²) in [6, 6.07) is 2.98. The average Bonchev–Trinajstić information content (AvgIpc) is 2.04. The van der Waals surface area contributed by atoms with Crippen molar-refractivity contribution in [2.75, 3.05) is 0 Å². The highest BCUT2D eigenvalue weighted by molar-refractivity contribution is 5.94. The minimum Gasteiger partial charge on any atom is -0.293 e. The van der Waals surface area contributed by atoms with Gasteiger partial charge in [0.15, 0.2) is 11.6 Å². The predicted octanol–water partition coefficient (Wildman–Crippen LogP) is 0.882. The smallest absolute Gasteiger partial charge is 0.180 e. The van der Waals surface area contributed by atoms with Gasteiger partial charge in [0.25, 0.3) is 0 Å². The molecule has 1 aromatic rings. The minimum atomic E-state index is -0.155. The molecule has 0 aromatic carbocycles. The molecule has 0 amide bonds. The highest BCUT2D eigenvalue weighted by Crippen LogP contribution is 1.97. The van der Waals surface area contributed by atoms with Crippen molar-refractivity contribution in [3.05, 3.63) is 23.5 Å². The molecule has 1 rings (SSSR count). The Labute approximate surface area is 69.6 Å². The van der Waals surface area contributed by atoms with Gasteiger partial charge in [0.1, 0.15) is 11.4 Å². The zero-order valence-corrected chi connectivity index (χ0v) is 6.87. The van der Waals surface area contributed by atoms with E-state index in [9.17, 15) is 9.59 Å². The van der Waals surface area contributed by atoms with E-state index in [-0.39, 0.29) is 23.0 Å². The molecule has 0 aliphatic rings. The van der Waals surface area contributed by atoms with E-state index >= 15 is 0 Å². The molecule has 4 nitrogen and oxygen atoms in total. The molecule has 0 atom stereocenters. The van der Waals surface area contributed by atoms with Gasteiger partial charge in [0, 0.05) is 13.8 Å². The lowest BCUT2D eigenvalue weighted by atomic mass is 10.2. The standard InChI is InChI=1S/C8H8N2O2/c1-5(11)7-3-4-8(6(2)12)10-9-7/h3-4H,1-2H3. The fourth-order valence-electron chi connectivity index (χ4n) is 0.708. The van der Waals surface area contributed by atoms with Crippen LogP contribution in [-0.2, 0) is 0 Å². The molecule has 0 bridgehead atoms. The molecule has 0 aliphatic heterocycles. The third-order valence-corrected chi connectivity index (χ3v) is 1.39. The molecule has 62 valence electrons. The first-order valence-corrected chi connectivity index (χ1v) is 3.47. The normalized spacial score (nSPS) is 9.50. The largest absolute Gasteiger partial charge is 0.293 e. The third kappa shape index (κ3) is 1.72. The van der Waals surface area contributed by atoms with Crippen LogP contribution in [0.2, 0.25) is 0 Å². The molecule has 0 N–H and O–H groups in total. The Morgan fingerprint density at radius 2 is 1.33 bits per heavy atom. The van der Waals surface area contributed by atoms with Gasteiger partial charge in [-0.2, -0.15) is 0 Å². The third-order valence-electron chi connectivity index (χ3n) is 1.39. The lowest BCUT2D eigenvalue weighted by Crippen LogP contribution is -2.03. The van der Waals surface area contributed by atoms with Gasteiger partial charge in [-0.1, -0.05) is 0 Å². The van der Waals surface area contributed by atoms with E-state index in [1.165, 1.54) is 26.0 Å². The average molecular weight is 164 g/mol. The van der Waals surface area contributed by atoms with Crippen LogP contribution in [0.25, 0.3) is 0 Å². The molecule has 0 radical (unpaired) electrons. The van der Waals surface area contributed by atoms with Crippen LogP contribution in [-0.4, -0.2) is 21.8 Å². The van der Waals surface area contributed by atoms with Crippen LogP contribution in [0.1, 0.15) is 34.8 Å². The van der Waals surface area contributed by atoms with Gasteiger partial charge < -0.3 is 0 Å². The van der Waals surface area contributed by atoms with Crippen molar-refractivity contribution >= 4 is 11.6 Å². The van der Waals surface area contributed by atoms with E-state index < -0.39 is 0 Å². The summed E-state index contributed by atoms with van der Waals surface area (Å²) in [6.45, 7) is 2.80. The van der Waals surface area contributed by atoms with Crippen molar-refractivity contribution in [1.82, 2.24) is 10.2 Å². The van der Waals surface area contributed by atoms with Crippen LogP contribution < -0.4 is 0 Å². The van der Waals surface area contributed by atoms with Crippen molar-refractivity contribution in [3.8, 4) is 0 Å². The number of carbonyl (C=O) groups excluding carboxylic acids is 2. The van der Waals surface area contributed by atoms with Crippen molar-refractivity contribution in [3.63, 3.8) is 0 Å². The summed E-state index contributed by atoms with van der Waals surface area (Å²) in [5.41, 5.74) is 0.556. The zero-order chi connectivity index (χ0) is 9.14. The molecule has 0 unspecified atom stereocenters. The number of rotatable bonds is 2. The molecule has 1 aromatic heterocycles. The maximum absolute atomic E-state index is 10.7. The van der Waals surface area contributed by atoms with Crippen molar-refractivity contribution in [2.45, 2.75) is 13.8 Å². The lowest BCUT2D eigenvalue weighted by molar-refractivity contribution is 0.0992. The molecular formula is C8H8N2O2. The Kier molecular flexibility index (Phi) is 2.28. The van der Waals surface area contributed by atoms with E-state index in [1.54, 1.807) is 0 Å². The molecule has 0 spiro atoms. The van der Waals surface area contributed by atoms with E-state index in [4.69, 9.17) is 0 Å². The van der Waals surface area contributed by atoms with Gasteiger partial charge in [-0.05, 0) is 12.1 Å². The topological polar surface area (TPSA) is 59.9 Å². The van der Waals surface area contributed by atoms with Gasteiger partial charge in [-0.25, -0.2) is 0 Å². The van der Waals surface area contributed by atoms with Gasteiger partial charge in [0.2, 0.25) is 0 Å². The summed E-state index contributed by atoms with van der Waals surface area (Å²) < 4.78 is 0. The van der Waals surface area contributed by atoms with E-state index in [0.29, 0.717) is 0 Å². The van der Waals surface area contributed by atoms with Crippen LogP contribution in [0.15, 0.2) is 12.1 Å². The number of hydrogen-bond acceptors (Lipinski definition) is 4. The summed E-state index contributed by atoms with van der Waals surface area (Å²) in [5.74, 6) is -0.310. The number of aromatic nitrogens is 2. The molecule has 0 aliphatic carbocycles. The van der Waals surface area contributed by atoms with Gasteiger partial charge in [0.05, 0.1) is 0 Å². The Hall–Kier alpha value is -1.58. The Bertz CT molecular complexity index is 283. The molecule has 4 heteroatoms. The zero-order valence-electron chi connectivity index (χ0n) is 6.87. The van der Waals surface area contributed by atoms with Crippen LogP contribution in [0.5, 0.6) is 0 Å². The Morgan fingerprint density at radius 1 is 1.00 bits per heavy atom. The summed E-state index contributed by atoms with van der Waals surface area (Å²) in [5, 5.41) is 7.16. The number of carbonyl (C=O) groups is 2. The Balaban J connectivity index is 3.01. The molecule has 0 saturated carbocycles. The summed E-state index contributed by atoms with van der Waals surface area (Å²) in [6.07, 6.45) is 0. The maximum atomic E-state index is 10.7. The second-order valence-corrected chi connectivity index (χ2v) is 2.42. The second kappa shape index (κ2) is 3.21. The second-order valence-electron chi connectivity index (χ2n) is 2.42. The first kappa shape index (κ1) is 8.52. The molecule has 12 heavy (non-hydrogen) atoms. The maximum Gasteiger partial charge on any atom is 0.180 e. The number of hydrogen-bond donors (Lipinski definition) is 0. The van der Waals surface area contributed by atoms with E-state index in [1.807, 2.05) is 0 Å². The first-order valence-electron chi connectivity index (χ1n) is 3.47. The SMILES string of the molecule is CC(=O)c1ccc(C(C)=O)nn1. The monoisotopic (exact) mass is 164 g/mol. The van der Waals surface area contributed by atoms with Crippen LogP contribution in [0.4, 0.5) is 0 Å². The molecule has 0 fully saturated rings. The van der Waals surface area contributed by atoms with E-state index in [2.05, 4.69) is 10.2 Å². The summed E-state index contributed by atoms with van der Waals surface area (Å²) in [4.78, 5) is 21.5. The summed E-state index contributed by atoms with van der Waals surface area (Å²) >= 11 is 0. The molecule has 1 heterocycles. The van der Waals surface area contributed by atoms with Gasteiger partial charge in [-0.15, -0.1) is 10.2 Å². The highest BCUT2D eigenvalue weighted by Gasteiger charge is 2.04.